The van der Waals surface area contributed by atoms with Crippen molar-refractivity contribution < 1.29 is 14.7 Å². The monoisotopic (exact) mass is 299 g/mol. The molecule has 0 bridgehead atoms. The molecule has 0 spiro atoms. The highest BCUT2D eigenvalue weighted by atomic mass is 32.2. The Hall–Kier alpha value is -1.01. The number of rotatable bonds is 5. The normalized spacial score (nSPS) is 13.6. The fourth-order valence-corrected chi connectivity index (χ4v) is 3.98. The van der Waals surface area contributed by atoms with E-state index in [-0.39, 0.29) is 5.91 Å². The summed E-state index contributed by atoms with van der Waals surface area (Å²) >= 11 is 2.97. The van der Waals surface area contributed by atoms with Crippen molar-refractivity contribution in [2.24, 2.45) is 0 Å². The highest BCUT2D eigenvalue weighted by Gasteiger charge is 2.27. The zero-order valence-electron chi connectivity index (χ0n) is 11.0. The van der Waals surface area contributed by atoms with Crippen LogP contribution in [0.15, 0.2) is 0 Å². The number of thiophene rings is 1. The smallest absolute Gasteiger partial charge is 0.339 e. The van der Waals surface area contributed by atoms with Gasteiger partial charge in [0.2, 0.25) is 5.91 Å². The first kappa shape index (κ1) is 14.4. The molecule has 4 nitrogen and oxygen atoms in total. The molecule has 104 valence electrons. The quantitative estimate of drug-likeness (QED) is 0.877. The molecule has 2 rings (SSSR count). The summed E-state index contributed by atoms with van der Waals surface area (Å²) in [6.07, 6.45) is 2.75. The van der Waals surface area contributed by atoms with Crippen LogP contribution in [0.25, 0.3) is 0 Å². The maximum absolute atomic E-state index is 11.8. The molecular formula is C13H17NO3S2. The van der Waals surface area contributed by atoms with Gasteiger partial charge < -0.3 is 10.4 Å². The number of nitrogens with one attached hydrogen (secondary N) is 1. The summed E-state index contributed by atoms with van der Waals surface area (Å²) in [5.74, 6) is -0.702. The first-order valence-corrected chi connectivity index (χ1v) is 8.15. The van der Waals surface area contributed by atoms with Gasteiger partial charge in [-0.05, 0) is 30.1 Å². The van der Waals surface area contributed by atoms with E-state index in [1.54, 1.807) is 11.8 Å². The molecular weight excluding hydrogens is 282 g/mol. The van der Waals surface area contributed by atoms with Crippen molar-refractivity contribution in [2.75, 3.05) is 11.1 Å². The van der Waals surface area contributed by atoms with E-state index < -0.39 is 5.97 Å². The molecule has 19 heavy (non-hydrogen) atoms. The molecule has 0 fully saturated rings. The molecule has 1 heterocycles. The van der Waals surface area contributed by atoms with Crippen LogP contribution in [0.4, 0.5) is 5.00 Å². The van der Waals surface area contributed by atoms with Gasteiger partial charge in [0.1, 0.15) is 5.00 Å². The second-order valence-electron chi connectivity index (χ2n) is 4.77. The largest absolute Gasteiger partial charge is 0.478 e. The predicted molar refractivity (Wildman–Crippen MR) is 79.5 cm³/mol. The number of anilines is 1. The Morgan fingerprint density at radius 1 is 1.42 bits per heavy atom. The Balaban J connectivity index is 2.12. The minimum Gasteiger partial charge on any atom is -0.478 e. The molecule has 1 aliphatic carbocycles. The predicted octanol–water partition coefficient (Wildman–Crippen LogP) is 3.02. The lowest BCUT2D eigenvalue weighted by Gasteiger charge is -2.06. The number of thioether (sulfide) groups is 1. The molecule has 0 aliphatic heterocycles. The summed E-state index contributed by atoms with van der Waals surface area (Å²) in [5.41, 5.74) is 1.23. The number of aryl methyl sites for hydroxylation is 1. The average molecular weight is 299 g/mol. The summed E-state index contributed by atoms with van der Waals surface area (Å²) in [4.78, 5) is 24.3. The van der Waals surface area contributed by atoms with Crippen molar-refractivity contribution in [1.82, 2.24) is 0 Å². The lowest BCUT2D eigenvalue weighted by molar-refractivity contribution is -0.113. The van der Waals surface area contributed by atoms with Crippen LogP contribution in [0.5, 0.6) is 0 Å². The highest BCUT2D eigenvalue weighted by molar-refractivity contribution is 8.00. The van der Waals surface area contributed by atoms with Crippen LogP contribution in [-0.4, -0.2) is 28.0 Å². The Labute approximate surface area is 120 Å². The van der Waals surface area contributed by atoms with E-state index in [0.717, 1.165) is 29.7 Å². The van der Waals surface area contributed by atoms with Crippen LogP contribution in [0, 0.1) is 0 Å². The van der Waals surface area contributed by atoms with Gasteiger partial charge in [0.25, 0.3) is 0 Å². The SMILES string of the molecule is CC(C)SCC(=O)Nc1sc2c(c1C(=O)O)CCC2. The Kier molecular flexibility index (Phi) is 4.52. The number of hydrogen-bond donors (Lipinski definition) is 2. The number of hydrogen-bond acceptors (Lipinski definition) is 4. The third-order valence-corrected chi connectivity index (χ3v) is 5.24. The van der Waals surface area contributed by atoms with Crippen molar-refractivity contribution >= 4 is 40.0 Å². The molecule has 0 radical (unpaired) electrons. The fraction of sp³-hybridized carbons (Fsp3) is 0.538. The zero-order valence-corrected chi connectivity index (χ0v) is 12.6. The van der Waals surface area contributed by atoms with Crippen molar-refractivity contribution in [3.63, 3.8) is 0 Å². The molecule has 2 N–H and O–H groups in total. The first-order valence-electron chi connectivity index (χ1n) is 6.28. The van der Waals surface area contributed by atoms with Crippen LogP contribution >= 0.6 is 23.1 Å². The van der Waals surface area contributed by atoms with Crippen molar-refractivity contribution in [3.8, 4) is 0 Å². The summed E-state index contributed by atoms with van der Waals surface area (Å²) in [5, 5.41) is 12.9. The van der Waals surface area contributed by atoms with Gasteiger partial charge in [-0.3, -0.25) is 4.79 Å². The lowest BCUT2D eigenvalue weighted by atomic mass is 10.1. The number of aromatic carboxylic acids is 1. The maximum Gasteiger partial charge on any atom is 0.339 e. The van der Waals surface area contributed by atoms with E-state index >= 15 is 0 Å². The topological polar surface area (TPSA) is 66.4 Å². The number of fused-ring (bicyclic) bond motifs is 1. The van der Waals surface area contributed by atoms with Gasteiger partial charge in [-0.2, -0.15) is 0 Å². The number of amides is 1. The van der Waals surface area contributed by atoms with Gasteiger partial charge in [-0.15, -0.1) is 23.1 Å². The molecule has 0 saturated heterocycles. The van der Waals surface area contributed by atoms with Crippen LogP contribution in [0.2, 0.25) is 0 Å². The fourth-order valence-electron chi connectivity index (χ4n) is 2.12. The summed E-state index contributed by atoms with van der Waals surface area (Å²) < 4.78 is 0. The lowest BCUT2D eigenvalue weighted by Crippen LogP contribution is -2.16. The van der Waals surface area contributed by atoms with E-state index in [1.165, 1.54) is 11.3 Å². The second kappa shape index (κ2) is 5.96. The molecule has 1 aliphatic rings. The Morgan fingerprint density at radius 2 is 2.16 bits per heavy atom. The number of carboxylic acid groups (broad SMARTS) is 1. The molecule has 1 aromatic heterocycles. The minimum atomic E-state index is -0.939. The Morgan fingerprint density at radius 3 is 2.79 bits per heavy atom. The van der Waals surface area contributed by atoms with Gasteiger partial charge in [0.15, 0.2) is 0 Å². The molecule has 0 unspecified atom stereocenters. The molecule has 1 aromatic rings. The van der Waals surface area contributed by atoms with E-state index in [4.69, 9.17) is 0 Å². The minimum absolute atomic E-state index is 0.124. The van der Waals surface area contributed by atoms with E-state index in [9.17, 15) is 14.7 Å². The zero-order chi connectivity index (χ0) is 14.0. The van der Waals surface area contributed by atoms with Crippen LogP contribution < -0.4 is 5.32 Å². The van der Waals surface area contributed by atoms with Gasteiger partial charge in [0.05, 0.1) is 11.3 Å². The maximum atomic E-state index is 11.8. The molecule has 1 amide bonds. The van der Waals surface area contributed by atoms with Gasteiger partial charge in [-0.25, -0.2) is 4.79 Å². The van der Waals surface area contributed by atoms with E-state index in [1.807, 2.05) is 13.8 Å². The van der Waals surface area contributed by atoms with Crippen molar-refractivity contribution in [1.29, 1.82) is 0 Å². The third kappa shape index (κ3) is 3.30. The standard InChI is InChI=1S/C13H17NO3S2/c1-7(2)18-6-10(15)14-12-11(13(16)17)8-4-3-5-9(8)19-12/h7H,3-6H2,1-2H3,(H,14,15)(H,16,17). The van der Waals surface area contributed by atoms with Crippen LogP contribution in [0.1, 0.15) is 41.1 Å². The van der Waals surface area contributed by atoms with E-state index in [0.29, 0.717) is 21.6 Å². The van der Waals surface area contributed by atoms with Crippen LogP contribution in [-0.2, 0) is 17.6 Å². The number of carbonyl (C=O) groups excluding carboxylic acids is 1. The van der Waals surface area contributed by atoms with Gasteiger partial charge in [-0.1, -0.05) is 13.8 Å². The van der Waals surface area contributed by atoms with Crippen molar-refractivity contribution in [2.45, 2.75) is 38.4 Å². The first-order chi connectivity index (χ1) is 8.99. The molecule has 0 atom stereocenters. The molecule has 0 saturated carbocycles. The average Bonchev–Trinajstić information content (AvgIpc) is 2.85. The summed E-state index contributed by atoms with van der Waals surface area (Å²) in [6, 6.07) is 0. The van der Waals surface area contributed by atoms with Gasteiger partial charge in [0, 0.05) is 4.88 Å². The van der Waals surface area contributed by atoms with E-state index in [2.05, 4.69) is 5.32 Å². The van der Waals surface area contributed by atoms with Crippen LogP contribution in [0.3, 0.4) is 0 Å². The number of carboxylic acids is 1. The molecule has 0 aromatic carbocycles. The summed E-state index contributed by atoms with van der Waals surface area (Å²) in [7, 11) is 0. The third-order valence-electron chi connectivity index (χ3n) is 2.94. The summed E-state index contributed by atoms with van der Waals surface area (Å²) in [6.45, 7) is 4.06. The molecule has 6 heteroatoms. The number of carbonyl (C=O) groups is 2. The second-order valence-corrected chi connectivity index (χ2v) is 7.44. The van der Waals surface area contributed by atoms with Gasteiger partial charge >= 0.3 is 5.97 Å². The Bertz CT molecular complexity index is 508. The van der Waals surface area contributed by atoms with Crippen molar-refractivity contribution in [3.05, 3.63) is 16.0 Å². The highest BCUT2D eigenvalue weighted by Crippen LogP contribution is 2.39.